The van der Waals surface area contributed by atoms with E-state index in [0.29, 0.717) is 10.7 Å². The Labute approximate surface area is 169 Å². The van der Waals surface area contributed by atoms with Crippen LogP contribution in [0.15, 0.2) is 42.5 Å². The number of anilines is 2. The Balaban J connectivity index is 1.56. The molecule has 28 heavy (non-hydrogen) atoms. The van der Waals surface area contributed by atoms with E-state index in [1.165, 1.54) is 43.5 Å². The number of nitrogens with one attached hydrogen (secondary N) is 1. The van der Waals surface area contributed by atoms with Gasteiger partial charge in [-0.05, 0) is 55.3 Å². The van der Waals surface area contributed by atoms with Gasteiger partial charge in [-0.25, -0.2) is 0 Å². The highest BCUT2D eigenvalue weighted by atomic mass is 35.5. The lowest BCUT2D eigenvalue weighted by molar-refractivity contribution is -0.118. The molecular formula is C21H24ClN3O3. The summed E-state index contributed by atoms with van der Waals surface area (Å²) in [5, 5.41) is 3.16. The summed E-state index contributed by atoms with van der Waals surface area (Å²) in [6.45, 7) is 1.90. The van der Waals surface area contributed by atoms with Gasteiger partial charge in [0, 0.05) is 29.5 Å². The first-order valence-electron chi connectivity index (χ1n) is 9.40. The molecule has 0 spiro atoms. The highest BCUT2D eigenvalue weighted by Gasteiger charge is 2.13. The Kier molecular flexibility index (Phi) is 6.76. The second-order valence-electron chi connectivity index (χ2n) is 6.79. The third-order valence-corrected chi connectivity index (χ3v) is 4.92. The summed E-state index contributed by atoms with van der Waals surface area (Å²) in [6.07, 6.45) is 5.01. The number of primary amides is 1. The first kappa shape index (κ1) is 20.0. The fourth-order valence-corrected chi connectivity index (χ4v) is 3.42. The molecule has 7 heteroatoms. The number of ether oxygens (including phenoxy) is 1. The number of benzene rings is 2. The van der Waals surface area contributed by atoms with Gasteiger partial charge in [0.15, 0.2) is 6.61 Å². The van der Waals surface area contributed by atoms with Crippen LogP contribution < -0.4 is 20.7 Å². The Morgan fingerprint density at radius 1 is 1.04 bits per heavy atom. The lowest BCUT2D eigenvalue weighted by atomic mass is 10.2. The molecule has 2 aromatic carbocycles. The number of halogens is 1. The van der Waals surface area contributed by atoms with Crippen molar-refractivity contribution < 1.29 is 14.3 Å². The standard InChI is InChI=1S/C21H24ClN3O3/c22-15-5-10-19(18(13-15)21(23)27)28-14-20(26)24-16-6-8-17(9-7-16)25-11-3-1-2-4-12-25/h5-10,13H,1-4,11-12,14H2,(H2,23,27)(H,24,26). The predicted octanol–water partition coefficient (Wildman–Crippen LogP) is 3.84. The van der Waals surface area contributed by atoms with Crippen molar-refractivity contribution in [2.75, 3.05) is 29.9 Å². The van der Waals surface area contributed by atoms with Gasteiger partial charge in [-0.1, -0.05) is 24.4 Å². The number of nitrogens with two attached hydrogens (primary N) is 1. The Bertz CT molecular complexity index is 831. The minimum Gasteiger partial charge on any atom is -0.483 e. The van der Waals surface area contributed by atoms with Gasteiger partial charge in [0.25, 0.3) is 11.8 Å². The molecule has 0 atom stereocenters. The zero-order valence-corrected chi connectivity index (χ0v) is 16.4. The van der Waals surface area contributed by atoms with Crippen LogP contribution in [-0.4, -0.2) is 31.5 Å². The summed E-state index contributed by atoms with van der Waals surface area (Å²) in [4.78, 5) is 26.0. The van der Waals surface area contributed by atoms with Crippen molar-refractivity contribution in [2.45, 2.75) is 25.7 Å². The second-order valence-corrected chi connectivity index (χ2v) is 7.23. The maximum absolute atomic E-state index is 12.2. The number of nitrogens with zero attached hydrogens (tertiary/aromatic N) is 1. The van der Waals surface area contributed by atoms with E-state index in [9.17, 15) is 9.59 Å². The zero-order valence-electron chi connectivity index (χ0n) is 15.6. The number of carbonyl (C=O) groups is 2. The molecule has 2 aromatic rings. The fraction of sp³-hybridized carbons (Fsp3) is 0.333. The Morgan fingerprint density at radius 2 is 1.71 bits per heavy atom. The first-order chi connectivity index (χ1) is 13.5. The van der Waals surface area contributed by atoms with Gasteiger partial charge in [0.1, 0.15) is 5.75 Å². The summed E-state index contributed by atoms with van der Waals surface area (Å²) in [5.74, 6) is -0.765. The number of amides is 2. The monoisotopic (exact) mass is 401 g/mol. The molecule has 1 heterocycles. The van der Waals surface area contributed by atoms with E-state index in [0.717, 1.165) is 13.1 Å². The van der Waals surface area contributed by atoms with Crippen LogP contribution in [0.5, 0.6) is 5.75 Å². The zero-order chi connectivity index (χ0) is 19.9. The smallest absolute Gasteiger partial charge is 0.262 e. The fourth-order valence-electron chi connectivity index (χ4n) is 3.25. The van der Waals surface area contributed by atoms with Gasteiger partial charge >= 0.3 is 0 Å². The van der Waals surface area contributed by atoms with Crippen LogP contribution in [0, 0.1) is 0 Å². The second kappa shape index (κ2) is 9.46. The molecule has 0 unspecified atom stereocenters. The quantitative estimate of drug-likeness (QED) is 0.770. The lowest BCUT2D eigenvalue weighted by Crippen LogP contribution is -2.24. The molecule has 1 aliphatic rings. The average Bonchev–Trinajstić information content (AvgIpc) is 2.97. The van der Waals surface area contributed by atoms with E-state index in [1.54, 1.807) is 6.07 Å². The summed E-state index contributed by atoms with van der Waals surface area (Å²) in [6, 6.07) is 12.3. The van der Waals surface area contributed by atoms with Gasteiger partial charge in [0.05, 0.1) is 5.56 Å². The van der Waals surface area contributed by atoms with Crippen molar-refractivity contribution in [3.63, 3.8) is 0 Å². The minimum atomic E-state index is -0.665. The average molecular weight is 402 g/mol. The molecular weight excluding hydrogens is 378 g/mol. The molecule has 0 bridgehead atoms. The number of rotatable bonds is 6. The van der Waals surface area contributed by atoms with Crippen LogP contribution in [0.25, 0.3) is 0 Å². The lowest BCUT2D eigenvalue weighted by Gasteiger charge is -2.22. The van der Waals surface area contributed by atoms with E-state index in [2.05, 4.69) is 10.2 Å². The SMILES string of the molecule is NC(=O)c1cc(Cl)ccc1OCC(=O)Nc1ccc(N2CCCCCC2)cc1. The number of hydrogen-bond acceptors (Lipinski definition) is 4. The molecule has 0 aliphatic carbocycles. The molecule has 0 saturated carbocycles. The molecule has 1 fully saturated rings. The van der Waals surface area contributed by atoms with Gasteiger partial charge in [-0.2, -0.15) is 0 Å². The predicted molar refractivity (Wildman–Crippen MR) is 111 cm³/mol. The Morgan fingerprint density at radius 3 is 2.36 bits per heavy atom. The highest BCUT2D eigenvalue weighted by molar-refractivity contribution is 6.31. The van der Waals surface area contributed by atoms with Gasteiger partial charge in [-0.3, -0.25) is 9.59 Å². The maximum atomic E-state index is 12.2. The van der Waals surface area contributed by atoms with Gasteiger partial charge in [0.2, 0.25) is 0 Å². The number of hydrogen-bond donors (Lipinski definition) is 2. The van der Waals surface area contributed by atoms with E-state index >= 15 is 0 Å². The molecule has 1 aliphatic heterocycles. The van der Waals surface area contributed by atoms with Crippen molar-refractivity contribution in [1.29, 1.82) is 0 Å². The van der Waals surface area contributed by atoms with E-state index in [4.69, 9.17) is 22.1 Å². The van der Waals surface area contributed by atoms with Crippen LogP contribution in [0.4, 0.5) is 11.4 Å². The summed E-state index contributed by atoms with van der Waals surface area (Å²) < 4.78 is 5.44. The largest absolute Gasteiger partial charge is 0.483 e. The molecule has 0 radical (unpaired) electrons. The van der Waals surface area contributed by atoms with Crippen LogP contribution in [0.1, 0.15) is 36.0 Å². The van der Waals surface area contributed by atoms with E-state index in [-0.39, 0.29) is 23.8 Å². The van der Waals surface area contributed by atoms with Crippen molar-refractivity contribution in [2.24, 2.45) is 5.73 Å². The first-order valence-corrected chi connectivity index (χ1v) is 9.78. The number of carbonyl (C=O) groups excluding carboxylic acids is 2. The van der Waals surface area contributed by atoms with Crippen molar-refractivity contribution in [1.82, 2.24) is 0 Å². The molecule has 2 amide bonds. The van der Waals surface area contributed by atoms with E-state index in [1.807, 2.05) is 24.3 Å². The van der Waals surface area contributed by atoms with Gasteiger partial charge < -0.3 is 20.7 Å². The third-order valence-electron chi connectivity index (χ3n) is 4.69. The molecule has 3 rings (SSSR count). The normalized spacial score (nSPS) is 14.2. The topological polar surface area (TPSA) is 84.7 Å². The molecule has 3 N–H and O–H groups in total. The highest BCUT2D eigenvalue weighted by Crippen LogP contribution is 2.23. The summed E-state index contributed by atoms with van der Waals surface area (Å²) >= 11 is 5.86. The molecule has 6 nitrogen and oxygen atoms in total. The third kappa shape index (κ3) is 5.39. The summed E-state index contributed by atoms with van der Waals surface area (Å²) in [5.41, 5.74) is 7.32. The molecule has 0 aromatic heterocycles. The Hall–Kier alpha value is -2.73. The van der Waals surface area contributed by atoms with Gasteiger partial charge in [-0.15, -0.1) is 0 Å². The van der Waals surface area contributed by atoms with E-state index < -0.39 is 5.91 Å². The van der Waals surface area contributed by atoms with Crippen molar-refractivity contribution in [3.8, 4) is 5.75 Å². The van der Waals surface area contributed by atoms with Crippen molar-refractivity contribution >= 4 is 34.8 Å². The van der Waals surface area contributed by atoms with Crippen molar-refractivity contribution in [3.05, 3.63) is 53.1 Å². The van der Waals surface area contributed by atoms with Crippen LogP contribution in [-0.2, 0) is 4.79 Å². The molecule has 148 valence electrons. The van der Waals surface area contributed by atoms with Crippen LogP contribution >= 0.6 is 11.6 Å². The maximum Gasteiger partial charge on any atom is 0.262 e. The summed E-state index contributed by atoms with van der Waals surface area (Å²) in [7, 11) is 0. The minimum absolute atomic E-state index is 0.141. The van der Waals surface area contributed by atoms with Crippen LogP contribution in [0.2, 0.25) is 5.02 Å². The van der Waals surface area contributed by atoms with Crippen LogP contribution in [0.3, 0.4) is 0 Å². The molecule has 1 saturated heterocycles.